The van der Waals surface area contributed by atoms with Crippen molar-refractivity contribution in [2.75, 3.05) is 7.11 Å². The van der Waals surface area contributed by atoms with Gasteiger partial charge in [-0.15, -0.1) is 0 Å². The molecular weight excluding hydrogens is 695 g/mol. The third-order valence-electron chi connectivity index (χ3n) is 10.7. The Bertz CT molecular complexity index is 2480. The molecule has 0 saturated carbocycles. The van der Waals surface area contributed by atoms with E-state index < -0.39 is 0 Å². The van der Waals surface area contributed by atoms with Crippen molar-refractivity contribution in [2.24, 2.45) is 0 Å². The van der Waals surface area contributed by atoms with Gasteiger partial charge in [-0.05, 0) is 132 Å². The normalized spacial score (nSPS) is 11.1. The Morgan fingerprint density at radius 2 is 0.807 bits per heavy atom. The van der Waals surface area contributed by atoms with Gasteiger partial charge in [0.2, 0.25) is 0 Å². The summed E-state index contributed by atoms with van der Waals surface area (Å²) >= 11 is 0. The molecule has 0 bridgehead atoms. The fourth-order valence-electron chi connectivity index (χ4n) is 7.43. The molecule has 0 unspecified atom stereocenters. The second-order valence-corrected chi connectivity index (χ2v) is 15.1. The van der Waals surface area contributed by atoms with Gasteiger partial charge < -0.3 is 4.74 Å². The molecule has 8 aromatic rings. The minimum Gasteiger partial charge on any atom is -0.496 e. The first-order valence-electron chi connectivity index (χ1n) is 19.8. The van der Waals surface area contributed by atoms with Crippen molar-refractivity contribution in [3.63, 3.8) is 0 Å². The van der Waals surface area contributed by atoms with Crippen molar-refractivity contribution in [3.05, 3.63) is 203 Å². The third-order valence-corrected chi connectivity index (χ3v) is 10.7. The maximum Gasteiger partial charge on any atom is 0.127 e. The van der Waals surface area contributed by atoms with Gasteiger partial charge in [-0.1, -0.05) is 115 Å². The third kappa shape index (κ3) is 8.92. The lowest BCUT2D eigenvalue weighted by atomic mass is 9.89. The van der Waals surface area contributed by atoms with E-state index in [1.807, 2.05) is 18.6 Å². The quantitative estimate of drug-likeness (QED) is 0.125. The molecule has 0 aliphatic heterocycles. The van der Waals surface area contributed by atoms with Crippen LogP contribution in [-0.4, -0.2) is 22.1 Å². The lowest BCUT2D eigenvalue weighted by Gasteiger charge is -2.17. The van der Waals surface area contributed by atoms with Crippen LogP contribution in [-0.2, 0) is 25.7 Å². The van der Waals surface area contributed by atoms with E-state index in [2.05, 4.69) is 181 Å². The van der Waals surface area contributed by atoms with Gasteiger partial charge in [-0.2, -0.15) is 0 Å². The molecule has 0 amide bonds. The Balaban J connectivity index is 1.09. The van der Waals surface area contributed by atoms with E-state index in [-0.39, 0.29) is 0 Å². The molecule has 3 heterocycles. The molecule has 5 aromatic carbocycles. The number of methoxy groups -OCH3 is 1. The zero-order valence-corrected chi connectivity index (χ0v) is 33.2. The molecule has 280 valence electrons. The Morgan fingerprint density at radius 1 is 0.368 bits per heavy atom. The van der Waals surface area contributed by atoms with Gasteiger partial charge in [0.15, 0.2) is 0 Å². The van der Waals surface area contributed by atoms with Gasteiger partial charge in [0.25, 0.3) is 0 Å². The van der Waals surface area contributed by atoms with Crippen molar-refractivity contribution in [3.8, 4) is 61.8 Å². The monoisotopic (exact) mass is 741 g/mol. The molecule has 0 spiro atoms. The summed E-state index contributed by atoms with van der Waals surface area (Å²) in [6.45, 7) is 6.19. The molecule has 4 heteroatoms. The van der Waals surface area contributed by atoms with Crippen LogP contribution in [0.2, 0.25) is 0 Å². The predicted molar refractivity (Wildman–Crippen MR) is 235 cm³/mol. The molecule has 0 fully saturated rings. The standard InChI is InChI=1S/C53H47N3O/c1-36-9-26-50(54-33-36)43-20-16-39(17-21-43)12-14-41-29-42(15-13-40-18-22-44(23-19-40)51-27-10-37(2)34-55-51)31-46(30-41)47-7-5-6-8-48(47)49-25-24-45(32-53(49)57-4)52-28-11-38(3)35-56-52/h5-11,16-35H,12-15H2,1-4H3. The molecule has 4 nitrogen and oxygen atoms in total. The second kappa shape index (κ2) is 17.0. The minimum atomic E-state index is 0.826. The molecule has 0 radical (unpaired) electrons. The Hall–Kier alpha value is -6.65. The maximum atomic E-state index is 6.05. The van der Waals surface area contributed by atoms with E-state index in [0.717, 1.165) is 81.9 Å². The van der Waals surface area contributed by atoms with Crippen LogP contribution in [0.5, 0.6) is 5.75 Å². The highest BCUT2D eigenvalue weighted by atomic mass is 16.5. The summed E-state index contributed by atoms with van der Waals surface area (Å²) in [4.78, 5) is 13.9. The van der Waals surface area contributed by atoms with Gasteiger partial charge in [-0.25, -0.2) is 0 Å². The van der Waals surface area contributed by atoms with Crippen molar-refractivity contribution in [2.45, 2.75) is 46.5 Å². The molecule has 0 atom stereocenters. The number of rotatable bonds is 12. The lowest BCUT2D eigenvalue weighted by Crippen LogP contribution is -1.98. The van der Waals surface area contributed by atoms with Crippen molar-refractivity contribution in [1.29, 1.82) is 0 Å². The minimum absolute atomic E-state index is 0.826. The zero-order valence-electron chi connectivity index (χ0n) is 33.2. The highest BCUT2D eigenvalue weighted by molar-refractivity contribution is 5.87. The summed E-state index contributed by atoms with van der Waals surface area (Å²) in [6, 6.07) is 52.6. The molecule has 57 heavy (non-hydrogen) atoms. The van der Waals surface area contributed by atoms with E-state index in [1.54, 1.807) is 7.11 Å². The average Bonchev–Trinajstić information content (AvgIpc) is 3.26. The number of aryl methyl sites for hydroxylation is 7. The molecule has 0 saturated heterocycles. The largest absolute Gasteiger partial charge is 0.496 e. The lowest BCUT2D eigenvalue weighted by molar-refractivity contribution is 0.416. The van der Waals surface area contributed by atoms with Crippen LogP contribution < -0.4 is 4.74 Å². The number of hydrogen-bond acceptors (Lipinski definition) is 4. The number of pyridine rings is 3. The van der Waals surface area contributed by atoms with E-state index >= 15 is 0 Å². The van der Waals surface area contributed by atoms with Gasteiger partial charge in [0.05, 0.1) is 24.2 Å². The van der Waals surface area contributed by atoms with Crippen molar-refractivity contribution < 1.29 is 4.74 Å². The van der Waals surface area contributed by atoms with Gasteiger partial charge in [0, 0.05) is 40.8 Å². The highest BCUT2D eigenvalue weighted by Crippen LogP contribution is 2.40. The van der Waals surface area contributed by atoms with Crippen LogP contribution in [0.1, 0.15) is 38.9 Å². The van der Waals surface area contributed by atoms with Gasteiger partial charge in [0.1, 0.15) is 5.75 Å². The fourth-order valence-corrected chi connectivity index (χ4v) is 7.43. The second-order valence-electron chi connectivity index (χ2n) is 15.1. The van der Waals surface area contributed by atoms with Crippen LogP contribution in [0.3, 0.4) is 0 Å². The van der Waals surface area contributed by atoms with Gasteiger partial charge >= 0.3 is 0 Å². The molecule has 8 rings (SSSR count). The SMILES string of the molecule is COc1cc(-c2ccc(C)cn2)ccc1-c1ccccc1-c1cc(CCc2ccc(-c3ccc(C)cn3)cc2)cc(CCc2ccc(-c3ccc(C)cn3)cc2)c1. The molecule has 0 aliphatic rings. The number of aromatic nitrogens is 3. The van der Waals surface area contributed by atoms with Crippen LogP contribution in [0.25, 0.3) is 56.0 Å². The smallest absolute Gasteiger partial charge is 0.127 e. The van der Waals surface area contributed by atoms with E-state index in [9.17, 15) is 0 Å². The molecule has 3 aromatic heterocycles. The maximum absolute atomic E-state index is 6.05. The number of ether oxygens (including phenoxy) is 1. The van der Waals surface area contributed by atoms with Crippen LogP contribution in [0.4, 0.5) is 0 Å². The summed E-state index contributed by atoms with van der Waals surface area (Å²) in [5, 5.41) is 0. The van der Waals surface area contributed by atoms with Crippen molar-refractivity contribution in [1.82, 2.24) is 15.0 Å². The Morgan fingerprint density at radius 3 is 1.26 bits per heavy atom. The molecule has 0 aliphatic carbocycles. The summed E-state index contributed by atoms with van der Waals surface area (Å²) < 4.78 is 6.05. The first-order chi connectivity index (χ1) is 27.9. The Kier molecular flexibility index (Phi) is 11.1. The van der Waals surface area contributed by atoms with E-state index in [4.69, 9.17) is 4.74 Å². The Labute approximate surface area is 337 Å². The molecule has 0 N–H and O–H groups in total. The summed E-state index contributed by atoms with van der Waals surface area (Å²) in [5.74, 6) is 0.826. The van der Waals surface area contributed by atoms with E-state index in [1.165, 1.54) is 44.5 Å². The topological polar surface area (TPSA) is 47.9 Å². The first-order valence-corrected chi connectivity index (χ1v) is 19.8. The van der Waals surface area contributed by atoms with Crippen molar-refractivity contribution >= 4 is 0 Å². The highest BCUT2D eigenvalue weighted by Gasteiger charge is 2.15. The summed E-state index contributed by atoms with van der Waals surface area (Å²) in [5.41, 5.74) is 19.6. The summed E-state index contributed by atoms with van der Waals surface area (Å²) in [6.07, 6.45) is 9.53. The number of benzene rings is 5. The van der Waals surface area contributed by atoms with E-state index in [0.29, 0.717) is 0 Å². The average molecular weight is 742 g/mol. The first kappa shape index (κ1) is 37.3. The van der Waals surface area contributed by atoms with Crippen LogP contribution >= 0.6 is 0 Å². The fraction of sp³-hybridized carbons (Fsp3) is 0.151. The summed E-state index contributed by atoms with van der Waals surface area (Å²) in [7, 11) is 1.75. The number of nitrogens with zero attached hydrogens (tertiary/aromatic N) is 3. The zero-order chi connectivity index (χ0) is 39.1. The molecular formula is C53H47N3O. The van der Waals surface area contributed by atoms with Crippen LogP contribution in [0.15, 0.2) is 164 Å². The van der Waals surface area contributed by atoms with Crippen LogP contribution in [0, 0.1) is 20.8 Å². The predicted octanol–water partition coefficient (Wildman–Crippen LogP) is 12.7. The number of hydrogen-bond donors (Lipinski definition) is 0. The van der Waals surface area contributed by atoms with Gasteiger partial charge in [-0.3, -0.25) is 15.0 Å².